The molecule has 1 atom stereocenters. The Morgan fingerprint density at radius 1 is 1.16 bits per heavy atom. The number of carbonyl (C=O) groups excluding carboxylic acids is 2. The van der Waals surface area contributed by atoms with Gasteiger partial charge in [0, 0.05) is 12.2 Å². The quantitative estimate of drug-likeness (QED) is 0.432. The molecule has 0 aliphatic heterocycles. The summed E-state index contributed by atoms with van der Waals surface area (Å²) >= 11 is 1.11. The first-order chi connectivity index (χ1) is 14.8. The van der Waals surface area contributed by atoms with Crippen LogP contribution in [0.1, 0.15) is 49.4 Å². The van der Waals surface area contributed by atoms with Crippen molar-refractivity contribution in [2.75, 3.05) is 11.3 Å². The predicted octanol–water partition coefficient (Wildman–Crippen LogP) is 4.10. The van der Waals surface area contributed by atoms with E-state index >= 15 is 0 Å². The van der Waals surface area contributed by atoms with Gasteiger partial charge in [0.1, 0.15) is 4.21 Å². The molecule has 1 aliphatic rings. The van der Waals surface area contributed by atoms with Crippen LogP contribution in [0.5, 0.6) is 0 Å². The van der Waals surface area contributed by atoms with Gasteiger partial charge in [-0.3, -0.25) is 9.52 Å². The number of sulfonamides is 1. The molecule has 1 aliphatic carbocycles. The summed E-state index contributed by atoms with van der Waals surface area (Å²) in [6.07, 6.45) is 6.74. The first-order valence-corrected chi connectivity index (χ1v) is 12.5. The van der Waals surface area contributed by atoms with Crippen molar-refractivity contribution >= 4 is 38.9 Å². The third-order valence-electron chi connectivity index (χ3n) is 4.92. The van der Waals surface area contributed by atoms with Gasteiger partial charge in [-0.05, 0) is 74.7 Å². The predicted molar refractivity (Wildman–Crippen MR) is 121 cm³/mol. The van der Waals surface area contributed by atoms with Gasteiger partial charge in [0.05, 0.1) is 5.56 Å². The molecule has 2 aromatic rings. The first-order valence-electron chi connectivity index (χ1n) is 10.2. The Bertz CT molecular complexity index is 1030. The summed E-state index contributed by atoms with van der Waals surface area (Å²) in [5.74, 6) is -0.990. The van der Waals surface area contributed by atoms with Crippen molar-refractivity contribution in [2.24, 2.45) is 0 Å². The molecule has 31 heavy (non-hydrogen) atoms. The van der Waals surface area contributed by atoms with Gasteiger partial charge in [0.25, 0.3) is 15.9 Å². The molecule has 0 saturated carbocycles. The van der Waals surface area contributed by atoms with E-state index in [-0.39, 0.29) is 15.7 Å². The summed E-state index contributed by atoms with van der Waals surface area (Å²) in [4.78, 5) is 24.5. The van der Waals surface area contributed by atoms with Crippen molar-refractivity contribution in [1.29, 1.82) is 0 Å². The molecule has 1 aromatic carbocycles. The Morgan fingerprint density at radius 2 is 1.94 bits per heavy atom. The maximum atomic E-state index is 12.3. The SMILES string of the molecule is CC(OC(=O)c1ccc(NS(=O)(=O)c2cccs2)cc1)C(=O)NCCC1=CCCCC1. The van der Waals surface area contributed by atoms with Crippen molar-refractivity contribution in [3.63, 3.8) is 0 Å². The third-order valence-corrected chi connectivity index (χ3v) is 7.69. The maximum Gasteiger partial charge on any atom is 0.338 e. The van der Waals surface area contributed by atoms with Gasteiger partial charge in [-0.25, -0.2) is 13.2 Å². The summed E-state index contributed by atoms with van der Waals surface area (Å²) in [6, 6.07) is 9.03. The molecule has 1 unspecified atom stereocenters. The monoisotopic (exact) mass is 462 g/mol. The summed E-state index contributed by atoms with van der Waals surface area (Å²) in [6.45, 7) is 2.04. The Kier molecular flexibility index (Phi) is 7.86. The smallest absolute Gasteiger partial charge is 0.338 e. The average Bonchev–Trinajstić information content (AvgIpc) is 3.31. The number of esters is 1. The number of thiophene rings is 1. The van der Waals surface area contributed by atoms with E-state index in [2.05, 4.69) is 16.1 Å². The molecule has 0 radical (unpaired) electrons. The largest absolute Gasteiger partial charge is 0.449 e. The van der Waals surface area contributed by atoms with Gasteiger partial charge in [0.2, 0.25) is 0 Å². The minimum absolute atomic E-state index is 0.204. The lowest BCUT2D eigenvalue weighted by atomic mass is 9.97. The van der Waals surface area contributed by atoms with Crippen LogP contribution >= 0.6 is 11.3 Å². The van der Waals surface area contributed by atoms with Crippen molar-refractivity contribution < 1.29 is 22.7 Å². The van der Waals surface area contributed by atoms with Gasteiger partial charge < -0.3 is 10.1 Å². The fraction of sp³-hybridized carbons (Fsp3) is 0.364. The second-order valence-electron chi connectivity index (χ2n) is 7.31. The Morgan fingerprint density at radius 3 is 2.58 bits per heavy atom. The van der Waals surface area contributed by atoms with E-state index in [0.717, 1.165) is 30.6 Å². The second-order valence-corrected chi connectivity index (χ2v) is 10.2. The lowest BCUT2D eigenvalue weighted by Crippen LogP contribution is -2.36. The zero-order valence-corrected chi connectivity index (χ0v) is 18.9. The number of amides is 1. The van der Waals surface area contributed by atoms with Crippen LogP contribution in [0.3, 0.4) is 0 Å². The Hall–Kier alpha value is -2.65. The van der Waals surface area contributed by atoms with E-state index in [1.54, 1.807) is 11.4 Å². The van der Waals surface area contributed by atoms with Gasteiger partial charge >= 0.3 is 5.97 Å². The van der Waals surface area contributed by atoms with Crippen LogP contribution in [-0.2, 0) is 19.6 Å². The maximum absolute atomic E-state index is 12.3. The fourth-order valence-electron chi connectivity index (χ4n) is 3.20. The molecule has 1 heterocycles. The van der Waals surface area contributed by atoms with Crippen LogP contribution in [0, 0.1) is 0 Å². The number of ether oxygens (including phenoxy) is 1. The lowest BCUT2D eigenvalue weighted by Gasteiger charge is -2.16. The summed E-state index contributed by atoms with van der Waals surface area (Å²) in [5.41, 5.74) is 1.92. The summed E-state index contributed by atoms with van der Waals surface area (Å²) < 4.78 is 32.4. The normalized spacial score (nSPS) is 14.9. The van der Waals surface area contributed by atoms with Crippen LogP contribution in [0.15, 0.2) is 57.6 Å². The molecule has 0 saturated heterocycles. The molecule has 7 nitrogen and oxygen atoms in total. The van der Waals surface area contributed by atoms with Gasteiger partial charge in [-0.15, -0.1) is 11.3 Å². The van der Waals surface area contributed by atoms with Gasteiger partial charge in [0.15, 0.2) is 6.10 Å². The van der Waals surface area contributed by atoms with Gasteiger partial charge in [-0.1, -0.05) is 17.7 Å². The van der Waals surface area contributed by atoms with E-state index in [1.807, 2.05) is 0 Å². The fourth-order valence-corrected chi connectivity index (χ4v) is 5.25. The molecule has 2 N–H and O–H groups in total. The van der Waals surface area contributed by atoms with Crippen LogP contribution in [0.25, 0.3) is 0 Å². The molecule has 0 spiro atoms. The third kappa shape index (κ3) is 6.67. The molecule has 1 amide bonds. The minimum Gasteiger partial charge on any atom is -0.449 e. The van der Waals surface area contributed by atoms with Gasteiger partial charge in [-0.2, -0.15) is 0 Å². The minimum atomic E-state index is -3.66. The highest BCUT2D eigenvalue weighted by Gasteiger charge is 2.19. The van der Waals surface area contributed by atoms with Crippen LogP contribution < -0.4 is 10.0 Å². The average molecular weight is 463 g/mol. The zero-order valence-electron chi connectivity index (χ0n) is 17.3. The number of benzene rings is 1. The highest BCUT2D eigenvalue weighted by atomic mass is 32.2. The number of anilines is 1. The number of hydrogen-bond acceptors (Lipinski definition) is 6. The van der Waals surface area contributed by atoms with E-state index in [9.17, 15) is 18.0 Å². The number of rotatable bonds is 9. The topological polar surface area (TPSA) is 102 Å². The molecule has 3 rings (SSSR count). The molecule has 0 bridgehead atoms. The molecule has 1 aromatic heterocycles. The molecule has 166 valence electrons. The molecular formula is C22H26N2O5S2. The molecule has 9 heteroatoms. The number of carbonyl (C=O) groups is 2. The lowest BCUT2D eigenvalue weighted by molar-refractivity contribution is -0.129. The van der Waals surface area contributed by atoms with Crippen molar-refractivity contribution in [3.05, 3.63) is 59.0 Å². The van der Waals surface area contributed by atoms with Crippen LogP contribution in [0.4, 0.5) is 5.69 Å². The van der Waals surface area contributed by atoms with Crippen molar-refractivity contribution in [2.45, 2.75) is 49.3 Å². The van der Waals surface area contributed by atoms with E-state index < -0.39 is 22.1 Å². The Labute approximate surface area is 186 Å². The molecule has 0 fully saturated rings. The number of nitrogens with one attached hydrogen (secondary N) is 2. The summed E-state index contributed by atoms with van der Waals surface area (Å²) in [7, 11) is -3.66. The summed E-state index contributed by atoms with van der Waals surface area (Å²) in [5, 5.41) is 4.48. The van der Waals surface area contributed by atoms with Crippen molar-refractivity contribution in [1.82, 2.24) is 5.32 Å². The molecular weight excluding hydrogens is 436 g/mol. The van der Waals surface area contributed by atoms with E-state index in [4.69, 9.17) is 4.74 Å². The van der Waals surface area contributed by atoms with E-state index in [1.165, 1.54) is 55.7 Å². The Balaban J connectivity index is 1.48. The number of hydrogen-bond donors (Lipinski definition) is 2. The van der Waals surface area contributed by atoms with Crippen LogP contribution in [-0.4, -0.2) is 32.9 Å². The standard InChI is InChI=1S/C22H26N2O5S2/c1-16(21(25)23-14-13-17-6-3-2-4-7-17)29-22(26)18-9-11-19(12-10-18)24-31(27,28)20-8-5-15-30-20/h5-6,8-12,15-16,24H,2-4,7,13-14H2,1H3,(H,23,25). The second kappa shape index (κ2) is 10.6. The zero-order chi connectivity index (χ0) is 22.3. The van der Waals surface area contributed by atoms with Crippen LogP contribution in [0.2, 0.25) is 0 Å². The first kappa shape index (κ1) is 23.0. The van der Waals surface area contributed by atoms with Crippen molar-refractivity contribution in [3.8, 4) is 0 Å². The van der Waals surface area contributed by atoms with E-state index in [0.29, 0.717) is 12.2 Å². The highest BCUT2D eigenvalue weighted by Crippen LogP contribution is 2.21. The highest BCUT2D eigenvalue weighted by molar-refractivity contribution is 7.94. The number of allylic oxidation sites excluding steroid dienone is 1.